The van der Waals surface area contributed by atoms with Crippen molar-refractivity contribution in [1.29, 1.82) is 0 Å². The van der Waals surface area contributed by atoms with Crippen molar-refractivity contribution < 1.29 is 18.3 Å². The number of carboxylic acid groups (broad SMARTS) is 1. The molecule has 0 radical (unpaired) electrons. The molecule has 1 fully saturated rings. The molecule has 0 heterocycles. The van der Waals surface area contributed by atoms with Crippen LogP contribution in [0, 0.1) is 0 Å². The van der Waals surface area contributed by atoms with Gasteiger partial charge in [-0.3, -0.25) is 4.79 Å². The number of rotatable bonds is 7. The van der Waals surface area contributed by atoms with Crippen LogP contribution in [0.15, 0.2) is 29.2 Å². The number of hydrogen-bond donors (Lipinski definition) is 3. The van der Waals surface area contributed by atoms with Crippen LogP contribution in [-0.2, 0) is 14.8 Å². The molecule has 0 unspecified atom stereocenters. The lowest BCUT2D eigenvalue weighted by Crippen LogP contribution is -2.33. The van der Waals surface area contributed by atoms with E-state index in [0.29, 0.717) is 5.69 Å². The quantitative estimate of drug-likeness (QED) is 0.713. The fourth-order valence-electron chi connectivity index (χ4n) is 2.02. The summed E-state index contributed by atoms with van der Waals surface area (Å²) in [4.78, 5) is 11.0. The lowest BCUT2D eigenvalue weighted by Gasteiger charge is -2.25. The molecule has 1 saturated carbocycles. The van der Waals surface area contributed by atoms with Crippen LogP contribution in [0.25, 0.3) is 0 Å². The summed E-state index contributed by atoms with van der Waals surface area (Å²) in [6, 6.07) is 6.39. The molecular weight excluding hydrogens is 292 g/mol. The molecule has 1 aromatic rings. The molecule has 21 heavy (non-hydrogen) atoms. The van der Waals surface area contributed by atoms with Crippen molar-refractivity contribution in [1.82, 2.24) is 4.72 Å². The van der Waals surface area contributed by atoms with Crippen LogP contribution in [-0.4, -0.2) is 31.1 Å². The number of benzene rings is 1. The van der Waals surface area contributed by atoms with Gasteiger partial charge in [-0.15, -0.1) is 0 Å². The number of carboxylic acids is 1. The summed E-state index contributed by atoms with van der Waals surface area (Å²) in [5.41, 5.74) is 0.0741. The Labute approximate surface area is 124 Å². The summed E-state index contributed by atoms with van der Waals surface area (Å²) in [5.74, 6) is -0.889. The largest absolute Gasteiger partial charge is 0.481 e. The van der Waals surface area contributed by atoms with Crippen LogP contribution in [0.5, 0.6) is 0 Å². The summed E-state index contributed by atoms with van der Waals surface area (Å²) in [6.45, 7) is 3.56. The third kappa shape index (κ3) is 4.71. The van der Waals surface area contributed by atoms with Crippen molar-refractivity contribution in [3.63, 3.8) is 0 Å². The predicted octanol–water partition coefficient (Wildman–Crippen LogP) is 1.79. The average molecular weight is 312 g/mol. The van der Waals surface area contributed by atoms with Gasteiger partial charge < -0.3 is 10.4 Å². The van der Waals surface area contributed by atoms with Gasteiger partial charge in [-0.25, -0.2) is 13.1 Å². The first-order valence-corrected chi connectivity index (χ1v) is 8.29. The van der Waals surface area contributed by atoms with Gasteiger partial charge in [-0.1, -0.05) is 0 Å². The molecule has 0 amide bonds. The Hall–Kier alpha value is -1.60. The second-order valence-electron chi connectivity index (χ2n) is 6.00. The molecule has 0 aliphatic heterocycles. The van der Waals surface area contributed by atoms with Crippen LogP contribution in [0.2, 0.25) is 0 Å². The van der Waals surface area contributed by atoms with Gasteiger partial charge in [0.25, 0.3) is 0 Å². The second-order valence-corrected chi connectivity index (χ2v) is 7.71. The van der Waals surface area contributed by atoms with Gasteiger partial charge in [0.1, 0.15) is 0 Å². The van der Waals surface area contributed by atoms with Crippen molar-refractivity contribution >= 4 is 21.7 Å². The lowest BCUT2D eigenvalue weighted by molar-refractivity contribution is -0.137. The first kappa shape index (κ1) is 15.8. The molecule has 1 aromatic carbocycles. The van der Waals surface area contributed by atoms with E-state index in [4.69, 9.17) is 5.11 Å². The Morgan fingerprint density at radius 1 is 1.29 bits per heavy atom. The van der Waals surface area contributed by atoms with Gasteiger partial charge in [-0.2, -0.15) is 0 Å². The molecule has 6 nitrogen and oxygen atoms in total. The maximum Gasteiger partial charge on any atom is 0.305 e. The minimum Gasteiger partial charge on any atom is -0.481 e. The number of carbonyl (C=O) groups is 1. The third-order valence-corrected chi connectivity index (χ3v) is 4.68. The number of aliphatic carboxylic acids is 1. The molecule has 116 valence electrons. The summed E-state index contributed by atoms with van der Waals surface area (Å²) >= 11 is 0. The van der Waals surface area contributed by atoms with Gasteiger partial charge in [0.15, 0.2) is 0 Å². The van der Waals surface area contributed by atoms with Crippen LogP contribution < -0.4 is 10.0 Å². The highest BCUT2D eigenvalue weighted by atomic mass is 32.2. The second kappa shape index (κ2) is 5.65. The fourth-order valence-corrected chi connectivity index (χ4v) is 3.32. The standard InChI is InChI=1S/C14H20N2O4S/c1-14(2,9-13(17)18)15-10-5-7-12(8-6-10)21(19,20)16-11-3-4-11/h5-8,11,15-16H,3-4,9H2,1-2H3,(H,17,18). The number of anilines is 1. The van der Waals surface area contributed by atoms with Crippen molar-refractivity contribution in [2.75, 3.05) is 5.32 Å². The van der Waals surface area contributed by atoms with Gasteiger partial charge in [0, 0.05) is 17.3 Å². The summed E-state index contributed by atoms with van der Waals surface area (Å²) in [5, 5.41) is 11.9. The van der Waals surface area contributed by atoms with Crippen LogP contribution in [0.3, 0.4) is 0 Å². The van der Waals surface area contributed by atoms with Gasteiger partial charge in [0.2, 0.25) is 10.0 Å². The molecule has 0 aromatic heterocycles. The first-order valence-electron chi connectivity index (χ1n) is 6.80. The minimum absolute atomic E-state index is 0.0315. The monoisotopic (exact) mass is 312 g/mol. The summed E-state index contributed by atoms with van der Waals surface area (Å²) < 4.78 is 26.6. The van der Waals surface area contributed by atoms with Crippen LogP contribution in [0.4, 0.5) is 5.69 Å². The highest BCUT2D eigenvalue weighted by Gasteiger charge is 2.28. The molecule has 3 N–H and O–H groups in total. The Bertz CT molecular complexity index is 619. The first-order chi connectivity index (χ1) is 9.68. The summed E-state index contributed by atoms with van der Waals surface area (Å²) in [6.07, 6.45) is 1.75. The van der Waals surface area contributed by atoms with E-state index in [-0.39, 0.29) is 17.4 Å². The van der Waals surface area contributed by atoms with Gasteiger partial charge in [-0.05, 0) is 51.0 Å². The van der Waals surface area contributed by atoms with E-state index < -0.39 is 21.5 Å². The Morgan fingerprint density at radius 2 is 1.86 bits per heavy atom. The van der Waals surface area contributed by atoms with E-state index in [1.165, 1.54) is 12.1 Å². The minimum atomic E-state index is -3.45. The van der Waals surface area contributed by atoms with E-state index in [2.05, 4.69) is 10.0 Å². The van der Waals surface area contributed by atoms with Crippen molar-refractivity contribution in [2.45, 2.75) is 49.6 Å². The molecule has 0 atom stereocenters. The van der Waals surface area contributed by atoms with Crippen LogP contribution in [0.1, 0.15) is 33.1 Å². The molecule has 1 aliphatic rings. The average Bonchev–Trinajstić information content (AvgIpc) is 3.10. The Morgan fingerprint density at radius 3 is 2.33 bits per heavy atom. The SMILES string of the molecule is CC(C)(CC(=O)O)Nc1ccc(S(=O)(=O)NC2CC2)cc1. The molecule has 2 rings (SSSR count). The molecule has 0 saturated heterocycles. The molecule has 1 aliphatic carbocycles. The van der Waals surface area contributed by atoms with E-state index in [1.807, 2.05) is 0 Å². The fraction of sp³-hybridized carbons (Fsp3) is 0.500. The zero-order chi connectivity index (χ0) is 15.7. The van der Waals surface area contributed by atoms with Gasteiger partial charge >= 0.3 is 5.97 Å². The smallest absolute Gasteiger partial charge is 0.305 e. The Kier molecular flexibility index (Phi) is 4.25. The van der Waals surface area contributed by atoms with E-state index in [9.17, 15) is 13.2 Å². The highest BCUT2D eigenvalue weighted by Crippen LogP contribution is 2.24. The highest BCUT2D eigenvalue weighted by molar-refractivity contribution is 7.89. The van der Waals surface area contributed by atoms with E-state index in [0.717, 1.165) is 12.8 Å². The number of sulfonamides is 1. The molecule has 7 heteroatoms. The lowest BCUT2D eigenvalue weighted by atomic mass is 10.0. The maximum atomic E-state index is 12.0. The van der Waals surface area contributed by atoms with E-state index >= 15 is 0 Å². The normalized spacial score (nSPS) is 15.7. The maximum absolute atomic E-state index is 12.0. The van der Waals surface area contributed by atoms with Crippen LogP contribution >= 0.6 is 0 Å². The van der Waals surface area contributed by atoms with Crippen molar-refractivity contribution in [2.24, 2.45) is 0 Å². The predicted molar refractivity (Wildman–Crippen MR) is 79.7 cm³/mol. The topological polar surface area (TPSA) is 95.5 Å². The van der Waals surface area contributed by atoms with Crippen molar-refractivity contribution in [3.8, 4) is 0 Å². The molecule has 0 bridgehead atoms. The van der Waals surface area contributed by atoms with Crippen molar-refractivity contribution in [3.05, 3.63) is 24.3 Å². The number of nitrogens with one attached hydrogen (secondary N) is 2. The third-order valence-electron chi connectivity index (χ3n) is 3.14. The summed E-state index contributed by atoms with van der Waals surface area (Å²) in [7, 11) is -3.45. The number of hydrogen-bond acceptors (Lipinski definition) is 4. The zero-order valence-corrected chi connectivity index (χ0v) is 12.9. The van der Waals surface area contributed by atoms with E-state index in [1.54, 1.807) is 26.0 Å². The Balaban J connectivity index is 2.06. The molecular formula is C14H20N2O4S. The molecule has 0 spiro atoms. The zero-order valence-electron chi connectivity index (χ0n) is 12.1. The van der Waals surface area contributed by atoms with Gasteiger partial charge in [0.05, 0.1) is 11.3 Å².